The largest absolute Gasteiger partial charge is 0.494 e. The Bertz CT molecular complexity index is 1090. The summed E-state index contributed by atoms with van der Waals surface area (Å²) in [6.45, 7) is 4.56. The number of nitrogens with zero attached hydrogens (tertiary/aromatic N) is 4. The minimum Gasteiger partial charge on any atom is -0.494 e. The number of rotatable bonds is 5. The Balaban J connectivity index is 1.71. The average molecular weight is 381 g/mol. The lowest BCUT2D eigenvalue weighted by molar-refractivity contribution is 0.339. The van der Waals surface area contributed by atoms with E-state index in [2.05, 4.69) is 15.1 Å². The Hall–Kier alpha value is -3.12. The molecule has 4 rings (SSSR count). The van der Waals surface area contributed by atoms with Crippen molar-refractivity contribution in [2.75, 3.05) is 6.61 Å². The second kappa shape index (κ2) is 7.25. The van der Waals surface area contributed by atoms with Crippen LogP contribution < -0.4 is 9.47 Å². The first-order valence-corrected chi connectivity index (χ1v) is 8.89. The van der Waals surface area contributed by atoms with Crippen LogP contribution in [0.15, 0.2) is 55.0 Å². The number of ether oxygens (including phenoxy) is 2. The lowest BCUT2D eigenvalue weighted by Crippen LogP contribution is -2.00. The normalized spacial score (nSPS) is 10.9. The van der Waals surface area contributed by atoms with Gasteiger partial charge < -0.3 is 9.47 Å². The monoisotopic (exact) mass is 380 g/mol. The van der Waals surface area contributed by atoms with E-state index in [9.17, 15) is 0 Å². The van der Waals surface area contributed by atoms with Crippen molar-refractivity contribution in [3.8, 4) is 23.1 Å². The van der Waals surface area contributed by atoms with Crippen molar-refractivity contribution in [3.05, 3.63) is 65.6 Å². The first-order chi connectivity index (χ1) is 13.2. The molecule has 0 radical (unpaired) electrons. The minimum atomic E-state index is 0.440. The van der Waals surface area contributed by atoms with Crippen LogP contribution in [0.3, 0.4) is 0 Å². The van der Waals surface area contributed by atoms with Crippen LogP contribution in [0.5, 0.6) is 17.4 Å². The second-order valence-corrected chi connectivity index (χ2v) is 6.35. The summed E-state index contributed by atoms with van der Waals surface area (Å²) in [6, 6.07) is 13.0. The second-order valence-electron chi connectivity index (χ2n) is 5.91. The SMILES string of the molecule is CCOc1ccc(Oc2ncnc3c2cnn3-c2cc(Cl)ccc2C)cc1. The molecule has 0 amide bonds. The molecule has 136 valence electrons. The molecule has 2 heterocycles. The van der Waals surface area contributed by atoms with Crippen molar-refractivity contribution in [2.45, 2.75) is 13.8 Å². The number of halogens is 1. The molecule has 0 bridgehead atoms. The van der Waals surface area contributed by atoms with Crippen molar-refractivity contribution in [1.82, 2.24) is 19.7 Å². The standard InChI is InChI=1S/C20H17ClN4O2/c1-3-26-15-6-8-16(9-7-15)27-20-17-11-24-25(19(17)22-12-23-20)18-10-14(21)5-4-13(18)2/h4-12H,3H2,1-2H3. The summed E-state index contributed by atoms with van der Waals surface area (Å²) in [5.74, 6) is 1.89. The Kier molecular flexibility index (Phi) is 4.64. The van der Waals surface area contributed by atoms with Crippen LogP contribution in [0, 0.1) is 6.92 Å². The van der Waals surface area contributed by atoms with Gasteiger partial charge in [-0.3, -0.25) is 0 Å². The zero-order valence-corrected chi connectivity index (χ0v) is 15.6. The Labute approximate surface area is 161 Å². The van der Waals surface area contributed by atoms with E-state index in [0.29, 0.717) is 34.3 Å². The molecule has 7 heteroatoms. The summed E-state index contributed by atoms with van der Waals surface area (Å²) < 4.78 is 13.1. The van der Waals surface area contributed by atoms with Crippen LogP contribution in [-0.2, 0) is 0 Å². The van der Waals surface area contributed by atoms with Gasteiger partial charge in [-0.05, 0) is 55.8 Å². The van der Waals surface area contributed by atoms with E-state index in [1.165, 1.54) is 6.33 Å². The van der Waals surface area contributed by atoms with Gasteiger partial charge >= 0.3 is 0 Å². The van der Waals surface area contributed by atoms with E-state index in [4.69, 9.17) is 21.1 Å². The summed E-state index contributed by atoms with van der Waals surface area (Å²) in [5.41, 5.74) is 2.55. The molecular formula is C20H17ClN4O2. The molecule has 0 fully saturated rings. The third-order valence-corrected chi connectivity index (χ3v) is 4.31. The number of fused-ring (bicyclic) bond motifs is 1. The van der Waals surface area contributed by atoms with Crippen molar-refractivity contribution in [2.24, 2.45) is 0 Å². The van der Waals surface area contributed by atoms with Gasteiger partial charge in [0.05, 0.1) is 18.5 Å². The maximum Gasteiger partial charge on any atom is 0.233 e. The zero-order valence-electron chi connectivity index (χ0n) is 14.9. The smallest absolute Gasteiger partial charge is 0.233 e. The summed E-state index contributed by atoms with van der Waals surface area (Å²) in [5, 5.41) is 5.82. The van der Waals surface area contributed by atoms with E-state index in [-0.39, 0.29) is 0 Å². The van der Waals surface area contributed by atoms with Crippen LogP contribution in [0.25, 0.3) is 16.7 Å². The molecule has 0 saturated heterocycles. The average Bonchev–Trinajstić information content (AvgIpc) is 3.10. The third-order valence-electron chi connectivity index (χ3n) is 4.08. The highest BCUT2D eigenvalue weighted by Gasteiger charge is 2.14. The van der Waals surface area contributed by atoms with Gasteiger partial charge in [-0.2, -0.15) is 5.10 Å². The number of aromatic nitrogens is 4. The van der Waals surface area contributed by atoms with Gasteiger partial charge in [-0.15, -0.1) is 0 Å². The van der Waals surface area contributed by atoms with E-state index in [1.807, 2.05) is 56.3 Å². The van der Waals surface area contributed by atoms with Gasteiger partial charge in [-0.1, -0.05) is 17.7 Å². The lowest BCUT2D eigenvalue weighted by Gasteiger charge is -2.09. The molecule has 0 atom stereocenters. The van der Waals surface area contributed by atoms with Crippen molar-refractivity contribution in [1.29, 1.82) is 0 Å². The van der Waals surface area contributed by atoms with Crippen molar-refractivity contribution >= 4 is 22.6 Å². The molecule has 0 aliphatic carbocycles. The van der Waals surface area contributed by atoms with Crippen LogP contribution in [0.4, 0.5) is 0 Å². The summed E-state index contributed by atoms with van der Waals surface area (Å²) in [6.07, 6.45) is 3.16. The highest BCUT2D eigenvalue weighted by Crippen LogP contribution is 2.29. The number of hydrogen-bond acceptors (Lipinski definition) is 5. The molecule has 0 saturated carbocycles. The number of benzene rings is 2. The molecule has 6 nitrogen and oxygen atoms in total. The van der Waals surface area contributed by atoms with E-state index in [0.717, 1.165) is 17.0 Å². The molecule has 0 aliphatic rings. The quantitative estimate of drug-likeness (QED) is 0.489. The van der Waals surface area contributed by atoms with E-state index < -0.39 is 0 Å². The molecule has 2 aromatic heterocycles. The first kappa shape index (κ1) is 17.3. The van der Waals surface area contributed by atoms with Gasteiger partial charge in [0.15, 0.2) is 5.65 Å². The van der Waals surface area contributed by atoms with Gasteiger partial charge in [-0.25, -0.2) is 14.6 Å². The number of aryl methyl sites for hydroxylation is 1. The van der Waals surface area contributed by atoms with E-state index in [1.54, 1.807) is 10.9 Å². The van der Waals surface area contributed by atoms with E-state index >= 15 is 0 Å². The third kappa shape index (κ3) is 3.44. The van der Waals surface area contributed by atoms with Crippen molar-refractivity contribution < 1.29 is 9.47 Å². The summed E-state index contributed by atoms with van der Waals surface area (Å²) >= 11 is 6.15. The molecular weight excluding hydrogens is 364 g/mol. The molecule has 0 spiro atoms. The highest BCUT2D eigenvalue weighted by atomic mass is 35.5. The van der Waals surface area contributed by atoms with Gasteiger partial charge in [0.2, 0.25) is 5.88 Å². The summed E-state index contributed by atoms with van der Waals surface area (Å²) in [4.78, 5) is 8.64. The fourth-order valence-electron chi connectivity index (χ4n) is 2.77. The fourth-order valence-corrected chi connectivity index (χ4v) is 2.94. The zero-order chi connectivity index (χ0) is 18.8. The highest BCUT2D eigenvalue weighted by molar-refractivity contribution is 6.30. The number of hydrogen-bond donors (Lipinski definition) is 0. The Morgan fingerprint density at radius 3 is 2.59 bits per heavy atom. The molecule has 4 aromatic rings. The Morgan fingerprint density at radius 2 is 1.81 bits per heavy atom. The molecule has 27 heavy (non-hydrogen) atoms. The minimum absolute atomic E-state index is 0.440. The fraction of sp³-hybridized carbons (Fsp3) is 0.150. The van der Waals surface area contributed by atoms with Crippen LogP contribution in [-0.4, -0.2) is 26.4 Å². The molecule has 2 aromatic carbocycles. The van der Waals surface area contributed by atoms with Gasteiger partial charge in [0.25, 0.3) is 0 Å². The molecule has 0 N–H and O–H groups in total. The summed E-state index contributed by atoms with van der Waals surface area (Å²) in [7, 11) is 0. The predicted molar refractivity (Wildman–Crippen MR) is 104 cm³/mol. The molecule has 0 unspecified atom stereocenters. The topological polar surface area (TPSA) is 62.1 Å². The Morgan fingerprint density at radius 1 is 1.04 bits per heavy atom. The van der Waals surface area contributed by atoms with Crippen LogP contribution >= 0.6 is 11.6 Å². The maximum atomic E-state index is 6.15. The maximum absolute atomic E-state index is 6.15. The lowest BCUT2D eigenvalue weighted by atomic mass is 10.2. The van der Waals surface area contributed by atoms with Crippen molar-refractivity contribution in [3.63, 3.8) is 0 Å². The first-order valence-electron chi connectivity index (χ1n) is 8.51. The van der Waals surface area contributed by atoms with Gasteiger partial charge in [0.1, 0.15) is 23.2 Å². The predicted octanol–water partition coefficient (Wildman–Crippen LogP) is 4.97. The van der Waals surface area contributed by atoms with Crippen LogP contribution in [0.2, 0.25) is 5.02 Å². The van der Waals surface area contributed by atoms with Crippen LogP contribution in [0.1, 0.15) is 12.5 Å². The molecule has 0 aliphatic heterocycles. The van der Waals surface area contributed by atoms with Gasteiger partial charge in [0, 0.05) is 5.02 Å².